The molecule has 30 heavy (non-hydrogen) atoms. The van der Waals surface area contributed by atoms with E-state index < -0.39 is 10.0 Å². The third-order valence-electron chi connectivity index (χ3n) is 5.64. The molecule has 0 spiro atoms. The predicted octanol–water partition coefficient (Wildman–Crippen LogP) is 3.09. The first-order chi connectivity index (χ1) is 14.4. The van der Waals surface area contributed by atoms with Gasteiger partial charge in [0, 0.05) is 18.9 Å². The molecule has 0 saturated carbocycles. The average molecular weight is 429 g/mol. The largest absolute Gasteiger partial charge is 0.495 e. The number of ether oxygens (including phenoxy) is 1. The van der Waals surface area contributed by atoms with Crippen LogP contribution in [0.5, 0.6) is 5.75 Å². The lowest BCUT2D eigenvalue weighted by Crippen LogP contribution is -2.40. The number of sulfonamides is 1. The number of imide groups is 1. The van der Waals surface area contributed by atoms with E-state index in [1.54, 1.807) is 0 Å². The van der Waals surface area contributed by atoms with Gasteiger partial charge >= 0.3 is 0 Å². The van der Waals surface area contributed by atoms with Crippen molar-refractivity contribution < 1.29 is 22.7 Å². The van der Waals surface area contributed by atoms with E-state index in [1.807, 2.05) is 24.3 Å². The number of piperidine rings is 1. The molecule has 0 aromatic heterocycles. The lowest BCUT2D eigenvalue weighted by molar-refractivity contribution is -0.129. The highest BCUT2D eigenvalue weighted by molar-refractivity contribution is 7.89. The second-order valence-corrected chi connectivity index (χ2v) is 9.26. The Kier molecular flexibility index (Phi) is 5.62. The van der Waals surface area contributed by atoms with Crippen LogP contribution in [0.3, 0.4) is 0 Å². The summed E-state index contributed by atoms with van der Waals surface area (Å²) in [5.41, 5.74) is 2.36. The third kappa shape index (κ3) is 3.85. The summed E-state index contributed by atoms with van der Waals surface area (Å²) < 4.78 is 34.7. The number of rotatable bonds is 5. The highest BCUT2D eigenvalue weighted by Gasteiger charge is 2.31. The van der Waals surface area contributed by atoms with Gasteiger partial charge in [0.1, 0.15) is 10.6 Å². The number of anilines is 1. The summed E-state index contributed by atoms with van der Waals surface area (Å²) in [6.07, 6.45) is 3.54. The monoisotopic (exact) mass is 428 g/mol. The van der Waals surface area contributed by atoms with Crippen LogP contribution in [-0.4, -0.2) is 27.3 Å². The van der Waals surface area contributed by atoms with Crippen molar-refractivity contribution in [2.45, 2.75) is 49.5 Å². The fraction of sp³-hybridized carbons (Fsp3) is 0.364. The SMILES string of the molecule is COc1ccc(N2C(=O)CCCC2=O)cc1S(=O)(=O)NC1CCCc2ccccc21. The van der Waals surface area contributed by atoms with Gasteiger partial charge in [-0.15, -0.1) is 0 Å². The molecule has 2 amide bonds. The van der Waals surface area contributed by atoms with Crippen LogP contribution >= 0.6 is 0 Å². The fourth-order valence-electron chi connectivity index (χ4n) is 4.18. The summed E-state index contributed by atoms with van der Waals surface area (Å²) in [4.78, 5) is 25.5. The number of carbonyl (C=O) groups excluding carboxylic acids is 2. The van der Waals surface area contributed by atoms with Gasteiger partial charge in [0.05, 0.1) is 12.8 Å². The Morgan fingerprint density at radius 2 is 1.73 bits per heavy atom. The molecular weight excluding hydrogens is 404 g/mol. The number of hydrogen-bond donors (Lipinski definition) is 1. The second-order valence-electron chi connectivity index (χ2n) is 7.58. The lowest BCUT2D eigenvalue weighted by atomic mass is 9.88. The van der Waals surface area contributed by atoms with Crippen molar-refractivity contribution in [1.82, 2.24) is 4.72 Å². The molecule has 8 heteroatoms. The number of hydrogen-bond acceptors (Lipinski definition) is 5. The van der Waals surface area contributed by atoms with Crippen LogP contribution < -0.4 is 14.4 Å². The van der Waals surface area contributed by atoms with E-state index in [-0.39, 0.29) is 47.0 Å². The highest BCUT2D eigenvalue weighted by atomic mass is 32.2. The molecule has 1 fully saturated rings. The first kappa shape index (κ1) is 20.6. The fourth-order valence-corrected chi connectivity index (χ4v) is 5.62. The van der Waals surface area contributed by atoms with Gasteiger partial charge in [-0.2, -0.15) is 0 Å². The number of benzene rings is 2. The molecule has 2 aliphatic rings. The number of aryl methyl sites for hydroxylation is 1. The predicted molar refractivity (Wildman–Crippen MR) is 112 cm³/mol. The number of carbonyl (C=O) groups is 2. The maximum atomic E-state index is 13.3. The van der Waals surface area contributed by atoms with Crippen LogP contribution in [0.15, 0.2) is 47.4 Å². The average Bonchev–Trinajstić information content (AvgIpc) is 2.73. The van der Waals surface area contributed by atoms with Crippen molar-refractivity contribution in [3.63, 3.8) is 0 Å². The lowest BCUT2D eigenvalue weighted by Gasteiger charge is -2.27. The quantitative estimate of drug-likeness (QED) is 0.739. The van der Waals surface area contributed by atoms with Crippen molar-refractivity contribution in [2.24, 2.45) is 0 Å². The molecule has 0 bridgehead atoms. The molecule has 1 atom stereocenters. The van der Waals surface area contributed by atoms with E-state index in [0.717, 1.165) is 28.9 Å². The third-order valence-corrected chi connectivity index (χ3v) is 7.13. The maximum absolute atomic E-state index is 13.3. The molecule has 1 aliphatic heterocycles. The van der Waals surface area contributed by atoms with E-state index in [9.17, 15) is 18.0 Å². The molecule has 1 aliphatic carbocycles. The van der Waals surface area contributed by atoms with E-state index in [4.69, 9.17) is 4.74 Å². The zero-order valence-electron chi connectivity index (χ0n) is 16.8. The summed E-state index contributed by atoms with van der Waals surface area (Å²) in [5.74, 6) is -0.491. The van der Waals surface area contributed by atoms with Crippen molar-refractivity contribution in [3.05, 3.63) is 53.6 Å². The summed E-state index contributed by atoms with van der Waals surface area (Å²) in [5, 5.41) is 0. The summed E-state index contributed by atoms with van der Waals surface area (Å²) >= 11 is 0. The minimum atomic E-state index is -3.97. The van der Waals surface area contributed by atoms with E-state index >= 15 is 0 Å². The summed E-state index contributed by atoms with van der Waals surface area (Å²) in [6.45, 7) is 0. The first-order valence-corrected chi connectivity index (χ1v) is 11.5. The van der Waals surface area contributed by atoms with E-state index in [1.165, 1.54) is 25.3 Å². The smallest absolute Gasteiger partial charge is 0.244 e. The first-order valence-electron chi connectivity index (χ1n) is 10.0. The molecule has 1 N–H and O–H groups in total. The number of nitrogens with one attached hydrogen (secondary N) is 1. The molecule has 1 unspecified atom stereocenters. The Morgan fingerprint density at radius 3 is 2.47 bits per heavy atom. The van der Waals surface area contributed by atoms with E-state index in [2.05, 4.69) is 4.72 Å². The van der Waals surface area contributed by atoms with Gasteiger partial charge in [-0.3, -0.25) is 14.5 Å². The number of fused-ring (bicyclic) bond motifs is 1. The van der Waals surface area contributed by atoms with Crippen LogP contribution in [0.2, 0.25) is 0 Å². The van der Waals surface area contributed by atoms with Gasteiger partial charge < -0.3 is 4.74 Å². The van der Waals surface area contributed by atoms with Crippen LogP contribution in [0.1, 0.15) is 49.3 Å². The topological polar surface area (TPSA) is 92.8 Å². The van der Waals surface area contributed by atoms with Gasteiger partial charge in [0.2, 0.25) is 21.8 Å². The van der Waals surface area contributed by atoms with Gasteiger partial charge in [0.15, 0.2) is 0 Å². The molecular formula is C22H24N2O5S. The Balaban J connectivity index is 1.70. The number of methoxy groups -OCH3 is 1. The molecule has 1 saturated heterocycles. The maximum Gasteiger partial charge on any atom is 0.244 e. The Bertz CT molecular complexity index is 1080. The minimum Gasteiger partial charge on any atom is -0.495 e. The number of amides is 2. The molecule has 158 valence electrons. The van der Waals surface area contributed by atoms with Crippen molar-refractivity contribution in [3.8, 4) is 5.75 Å². The van der Waals surface area contributed by atoms with Crippen LogP contribution in [-0.2, 0) is 26.0 Å². The van der Waals surface area contributed by atoms with Gasteiger partial charge in [-0.05, 0) is 55.0 Å². The minimum absolute atomic E-state index is 0.0864. The Hall–Kier alpha value is -2.71. The Morgan fingerprint density at radius 1 is 1.00 bits per heavy atom. The second kappa shape index (κ2) is 8.20. The zero-order chi connectivity index (χ0) is 21.3. The van der Waals surface area contributed by atoms with Crippen LogP contribution in [0.4, 0.5) is 5.69 Å². The number of nitrogens with zero attached hydrogens (tertiary/aromatic N) is 1. The Labute approximate surface area is 176 Å². The standard InChI is InChI=1S/C22H24N2O5S/c1-29-19-13-12-16(24-21(25)10-5-11-22(24)26)14-20(19)30(27,28)23-18-9-4-7-15-6-2-3-8-17(15)18/h2-3,6,8,12-14,18,23H,4-5,7,9-11H2,1H3. The molecule has 2 aromatic carbocycles. The molecule has 1 heterocycles. The molecule has 2 aromatic rings. The van der Waals surface area contributed by atoms with Crippen molar-refractivity contribution in [1.29, 1.82) is 0 Å². The molecule has 4 rings (SSSR count). The summed E-state index contributed by atoms with van der Waals surface area (Å²) in [6, 6.07) is 11.8. The normalized spacial score (nSPS) is 19.5. The van der Waals surface area contributed by atoms with Crippen LogP contribution in [0, 0.1) is 0 Å². The zero-order valence-corrected chi connectivity index (χ0v) is 17.6. The van der Waals surface area contributed by atoms with Crippen molar-refractivity contribution >= 4 is 27.5 Å². The van der Waals surface area contributed by atoms with E-state index in [0.29, 0.717) is 12.8 Å². The molecule has 0 radical (unpaired) electrons. The summed E-state index contributed by atoms with van der Waals surface area (Å²) in [7, 11) is -2.58. The van der Waals surface area contributed by atoms with Crippen LogP contribution in [0.25, 0.3) is 0 Å². The van der Waals surface area contributed by atoms with Gasteiger partial charge in [-0.25, -0.2) is 13.1 Å². The van der Waals surface area contributed by atoms with Gasteiger partial charge in [-0.1, -0.05) is 24.3 Å². The highest BCUT2D eigenvalue weighted by Crippen LogP contribution is 2.34. The van der Waals surface area contributed by atoms with Gasteiger partial charge in [0.25, 0.3) is 0 Å². The molecule has 7 nitrogen and oxygen atoms in total. The van der Waals surface area contributed by atoms with Crippen molar-refractivity contribution in [2.75, 3.05) is 12.0 Å².